The first-order chi connectivity index (χ1) is 18.9. The minimum Gasteiger partial charge on any atom is -0.354 e. The number of hydrogen-bond acceptors (Lipinski definition) is 4. The van der Waals surface area contributed by atoms with E-state index in [1.165, 1.54) is 37.3 Å². The molecule has 0 aliphatic carbocycles. The van der Waals surface area contributed by atoms with Crippen LogP contribution in [0.15, 0.2) is 83.8 Å². The molecule has 3 rings (SSSR count). The van der Waals surface area contributed by atoms with Gasteiger partial charge in [0.1, 0.15) is 12.6 Å². The minimum atomic E-state index is -4.75. The third-order valence-electron chi connectivity index (χ3n) is 6.09. The average Bonchev–Trinajstić information content (AvgIpc) is 2.93. The Balaban J connectivity index is 2.08. The van der Waals surface area contributed by atoms with Crippen LogP contribution in [-0.2, 0) is 32.3 Å². The molecule has 0 heterocycles. The van der Waals surface area contributed by atoms with Crippen LogP contribution in [0, 0.1) is 0 Å². The number of sulfonamides is 1. The Morgan fingerprint density at radius 3 is 2.25 bits per heavy atom. The summed E-state index contributed by atoms with van der Waals surface area (Å²) in [6, 6.07) is 16.4. The summed E-state index contributed by atoms with van der Waals surface area (Å²) in [5.74, 6) is -1.28. The Kier molecular flexibility index (Phi) is 10.2. The minimum absolute atomic E-state index is 0.138. The highest BCUT2D eigenvalue weighted by atomic mass is 35.5. The van der Waals surface area contributed by atoms with Gasteiger partial charge >= 0.3 is 6.18 Å². The van der Waals surface area contributed by atoms with Gasteiger partial charge in [0.15, 0.2) is 0 Å². The number of benzene rings is 3. The largest absolute Gasteiger partial charge is 0.416 e. The number of hydrogen-bond donors (Lipinski definition) is 1. The van der Waals surface area contributed by atoms with Gasteiger partial charge in [0.05, 0.1) is 16.1 Å². The molecule has 214 valence electrons. The number of nitrogens with one attached hydrogen (secondary N) is 1. The molecule has 1 N–H and O–H groups in total. The van der Waals surface area contributed by atoms with E-state index in [1.54, 1.807) is 30.3 Å². The molecular formula is C28H29ClF3N3O4S. The van der Waals surface area contributed by atoms with E-state index in [9.17, 15) is 31.2 Å². The Labute approximate surface area is 236 Å². The van der Waals surface area contributed by atoms with Crippen molar-refractivity contribution < 1.29 is 31.2 Å². The monoisotopic (exact) mass is 595 g/mol. The maximum atomic E-state index is 13.8. The summed E-state index contributed by atoms with van der Waals surface area (Å²) >= 11 is 6.30. The fourth-order valence-corrected chi connectivity index (χ4v) is 5.50. The van der Waals surface area contributed by atoms with Gasteiger partial charge in [-0.25, -0.2) is 8.42 Å². The van der Waals surface area contributed by atoms with E-state index in [4.69, 9.17) is 11.6 Å². The fraction of sp³-hybridized carbons (Fsp3) is 0.286. The van der Waals surface area contributed by atoms with E-state index < -0.39 is 46.2 Å². The highest BCUT2D eigenvalue weighted by molar-refractivity contribution is 7.92. The summed E-state index contributed by atoms with van der Waals surface area (Å²) in [5.41, 5.74) is -0.928. The number of amides is 2. The fourth-order valence-electron chi connectivity index (χ4n) is 3.87. The molecule has 3 aromatic rings. The highest BCUT2D eigenvalue weighted by Gasteiger charge is 2.35. The van der Waals surface area contributed by atoms with Crippen molar-refractivity contribution in [3.8, 4) is 0 Å². The van der Waals surface area contributed by atoms with Crippen LogP contribution in [0.5, 0.6) is 0 Å². The maximum Gasteiger partial charge on any atom is 0.416 e. The number of carbonyl (C=O) groups excluding carboxylic acids is 2. The molecule has 0 aliphatic heterocycles. The standard InChI is InChI=1S/C28H29ClF3N3O4S/c1-3-16-33-27(37)20(2)34(18-21-10-7-8-15-25(21)29)26(36)19-35(40(38,39)24-13-5-4-6-14-24)23-12-9-11-22(17-23)28(30,31)32/h4-15,17,20H,3,16,18-19H2,1-2H3,(H,33,37). The lowest BCUT2D eigenvalue weighted by Gasteiger charge is -2.32. The second-order valence-electron chi connectivity index (χ2n) is 8.95. The second-order valence-corrected chi connectivity index (χ2v) is 11.2. The van der Waals surface area contributed by atoms with E-state index in [0.29, 0.717) is 33.9 Å². The molecule has 0 radical (unpaired) electrons. The molecule has 0 spiro atoms. The van der Waals surface area contributed by atoms with E-state index >= 15 is 0 Å². The van der Waals surface area contributed by atoms with Crippen LogP contribution in [0.25, 0.3) is 0 Å². The van der Waals surface area contributed by atoms with Crippen molar-refractivity contribution in [1.82, 2.24) is 10.2 Å². The molecule has 0 saturated heterocycles. The first kappa shape index (κ1) is 31.0. The van der Waals surface area contributed by atoms with Gasteiger partial charge in [-0.05, 0) is 55.3 Å². The molecule has 0 saturated carbocycles. The average molecular weight is 596 g/mol. The summed E-state index contributed by atoms with van der Waals surface area (Å²) in [7, 11) is -4.49. The van der Waals surface area contributed by atoms with Crippen LogP contribution in [0.3, 0.4) is 0 Å². The molecule has 40 heavy (non-hydrogen) atoms. The Morgan fingerprint density at radius 1 is 0.975 bits per heavy atom. The van der Waals surface area contributed by atoms with Gasteiger partial charge in [-0.15, -0.1) is 0 Å². The van der Waals surface area contributed by atoms with Gasteiger partial charge in [-0.2, -0.15) is 13.2 Å². The number of anilines is 1. The van der Waals surface area contributed by atoms with Crippen molar-refractivity contribution >= 4 is 39.1 Å². The van der Waals surface area contributed by atoms with E-state index in [1.807, 2.05) is 6.92 Å². The summed E-state index contributed by atoms with van der Waals surface area (Å²) in [6.07, 6.45) is -4.10. The predicted molar refractivity (Wildman–Crippen MR) is 147 cm³/mol. The topological polar surface area (TPSA) is 86.8 Å². The molecule has 1 unspecified atom stereocenters. The van der Waals surface area contributed by atoms with Gasteiger partial charge in [0.25, 0.3) is 10.0 Å². The summed E-state index contributed by atoms with van der Waals surface area (Å²) in [4.78, 5) is 27.6. The molecule has 1 atom stereocenters. The van der Waals surface area contributed by atoms with Crippen LogP contribution >= 0.6 is 11.6 Å². The second kappa shape index (κ2) is 13.2. The SMILES string of the molecule is CCCNC(=O)C(C)N(Cc1ccccc1Cl)C(=O)CN(c1cccc(C(F)(F)F)c1)S(=O)(=O)c1ccccc1. The smallest absolute Gasteiger partial charge is 0.354 e. The Morgan fingerprint density at radius 2 is 1.62 bits per heavy atom. The molecule has 7 nitrogen and oxygen atoms in total. The Hall–Kier alpha value is -3.57. The summed E-state index contributed by atoms with van der Waals surface area (Å²) in [5, 5.41) is 3.04. The lowest BCUT2D eigenvalue weighted by atomic mass is 10.1. The van der Waals surface area contributed by atoms with E-state index in [0.717, 1.165) is 17.0 Å². The van der Waals surface area contributed by atoms with Crippen molar-refractivity contribution in [3.63, 3.8) is 0 Å². The van der Waals surface area contributed by atoms with Crippen molar-refractivity contribution in [1.29, 1.82) is 0 Å². The quantitative estimate of drug-likeness (QED) is 0.317. The molecular weight excluding hydrogens is 567 g/mol. The highest BCUT2D eigenvalue weighted by Crippen LogP contribution is 2.33. The zero-order valence-electron chi connectivity index (χ0n) is 21.9. The third kappa shape index (κ3) is 7.54. The van der Waals surface area contributed by atoms with Crippen LogP contribution in [0.1, 0.15) is 31.4 Å². The van der Waals surface area contributed by atoms with Crippen molar-refractivity contribution in [2.45, 2.75) is 43.9 Å². The summed E-state index contributed by atoms with van der Waals surface area (Å²) in [6.45, 7) is 2.70. The van der Waals surface area contributed by atoms with E-state index in [2.05, 4.69) is 5.32 Å². The number of nitrogens with zero attached hydrogens (tertiary/aromatic N) is 2. The number of carbonyl (C=O) groups is 2. The predicted octanol–water partition coefficient (Wildman–Crippen LogP) is 5.50. The molecule has 0 aromatic heterocycles. The number of alkyl halides is 3. The van der Waals surface area contributed by atoms with Gasteiger partial charge in [-0.1, -0.05) is 61.0 Å². The van der Waals surface area contributed by atoms with E-state index in [-0.39, 0.29) is 17.1 Å². The number of halogens is 4. The molecule has 0 bridgehead atoms. The number of rotatable bonds is 11. The van der Waals surface area contributed by atoms with Gasteiger partial charge in [-0.3, -0.25) is 13.9 Å². The van der Waals surface area contributed by atoms with Crippen LogP contribution < -0.4 is 9.62 Å². The lowest BCUT2D eigenvalue weighted by molar-refractivity contribution is -0.139. The third-order valence-corrected chi connectivity index (χ3v) is 8.24. The van der Waals surface area contributed by atoms with Crippen LogP contribution in [0.2, 0.25) is 5.02 Å². The zero-order valence-corrected chi connectivity index (χ0v) is 23.4. The maximum absolute atomic E-state index is 13.8. The van der Waals surface area contributed by atoms with Crippen molar-refractivity contribution in [2.75, 3.05) is 17.4 Å². The zero-order chi connectivity index (χ0) is 29.5. The molecule has 12 heteroatoms. The van der Waals surface area contributed by atoms with Gasteiger partial charge < -0.3 is 10.2 Å². The van der Waals surface area contributed by atoms with Crippen molar-refractivity contribution in [2.24, 2.45) is 0 Å². The molecule has 0 aliphatic rings. The Bertz CT molecular complexity index is 1440. The molecule has 2 amide bonds. The lowest BCUT2D eigenvalue weighted by Crippen LogP contribution is -2.51. The van der Waals surface area contributed by atoms with Gasteiger partial charge in [0.2, 0.25) is 11.8 Å². The normalized spacial score (nSPS) is 12.4. The first-order valence-electron chi connectivity index (χ1n) is 12.4. The van der Waals surface area contributed by atoms with Crippen LogP contribution in [-0.4, -0.2) is 44.3 Å². The molecule has 3 aromatic carbocycles. The van der Waals surface area contributed by atoms with Gasteiger partial charge in [0, 0.05) is 18.1 Å². The van der Waals surface area contributed by atoms with Crippen LogP contribution in [0.4, 0.5) is 18.9 Å². The van der Waals surface area contributed by atoms with Crippen molar-refractivity contribution in [3.05, 3.63) is 95.0 Å². The molecule has 0 fully saturated rings. The first-order valence-corrected chi connectivity index (χ1v) is 14.2. The summed E-state index contributed by atoms with van der Waals surface area (Å²) < 4.78 is 68.5.